The molecule has 8 nitrogen and oxygen atoms in total. The van der Waals surface area contributed by atoms with E-state index in [1.807, 2.05) is 0 Å². The summed E-state index contributed by atoms with van der Waals surface area (Å²) >= 11 is 1.74. The number of hydrogen-bond acceptors (Lipinski definition) is 6. The lowest BCUT2D eigenvalue weighted by molar-refractivity contribution is -0.122. The second kappa shape index (κ2) is 11.0. The number of carbonyl (C=O) groups excluding carboxylic acids is 2. The molecule has 0 fully saturated rings. The molecule has 2 aromatic rings. The largest absolute Gasteiger partial charge is 0.494 e. The number of nitrogens with zero attached hydrogens (tertiary/aromatic N) is 2. The topological polar surface area (TPSA) is 94.5 Å². The van der Waals surface area contributed by atoms with Crippen molar-refractivity contribution in [2.75, 3.05) is 32.2 Å². The summed E-state index contributed by atoms with van der Waals surface area (Å²) in [6.07, 6.45) is 2.07. The molecule has 1 aliphatic rings. The van der Waals surface area contributed by atoms with E-state index in [1.165, 1.54) is 0 Å². The summed E-state index contributed by atoms with van der Waals surface area (Å²) in [5.74, 6) is 2.46. The molecule has 0 spiro atoms. The highest BCUT2D eigenvalue weighted by molar-refractivity contribution is 7.98. The molecule has 2 heterocycles. The number of fused-ring (bicyclic) bond motifs is 1. The standard InChI is InChI=1S/C21H28N4O4S/c1-3-4-10-29-16-7-5-15(6-8-16)21(27)23-20-17-13-30-14-18(17)24-25(20)12-19(26)22-9-11-28-2/h5-8H,3-4,9-14H2,1-2H3,(H,22,26)(H,23,27). The van der Waals surface area contributed by atoms with E-state index in [1.54, 1.807) is 47.8 Å². The maximum atomic E-state index is 12.8. The summed E-state index contributed by atoms with van der Waals surface area (Å²) in [4.78, 5) is 25.0. The number of ether oxygens (including phenoxy) is 2. The predicted molar refractivity (Wildman–Crippen MR) is 117 cm³/mol. The van der Waals surface area contributed by atoms with Crippen molar-refractivity contribution < 1.29 is 19.1 Å². The Hall–Kier alpha value is -2.52. The molecule has 0 aliphatic carbocycles. The van der Waals surface area contributed by atoms with Crippen molar-refractivity contribution in [3.05, 3.63) is 41.1 Å². The smallest absolute Gasteiger partial charge is 0.256 e. The van der Waals surface area contributed by atoms with E-state index in [0.29, 0.717) is 31.1 Å². The highest BCUT2D eigenvalue weighted by Gasteiger charge is 2.25. The Morgan fingerprint density at radius 1 is 1.20 bits per heavy atom. The summed E-state index contributed by atoms with van der Waals surface area (Å²) in [5, 5.41) is 10.3. The Bertz CT molecular complexity index is 867. The van der Waals surface area contributed by atoms with Crippen LogP contribution < -0.4 is 15.4 Å². The third kappa shape index (κ3) is 5.76. The van der Waals surface area contributed by atoms with E-state index in [9.17, 15) is 9.59 Å². The van der Waals surface area contributed by atoms with Crippen LogP contribution in [0.15, 0.2) is 24.3 Å². The number of nitrogens with one attached hydrogen (secondary N) is 2. The molecule has 2 N–H and O–H groups in total. The number of anilines is 1. The van der Waals surface area contributed by atoms with Gasteiger partial charge in [-0.15, -0.1) is 0 Å². The minimum absolute atomic E-state index is 0.0429. The fourth-order valence-electron chi connectivity index (χ4n) is 3.02. The van der Waals surface area contributed by atoms with E-state index in [2.05, 4.69) is 22.7 Å². The predicted octanol–water partition coefficient (Wildman–Crippen LogP) is 2.82. The van der Waals surface area contributed by atoms with Crippen LogP contribution in [0.1, 0.15) is 41.4 Å². The second-order valence-corrected chi connectivity index (χ2v) is 7.93. The van der Waals surface area contributed by atoms with Crippen LogP contribution in [0, 0.1) is 0 Å². The van der Waals surface area contributed by atoms with Gasteiger partial charge in [-0.05, 0) is 30.7 Å². The lowest BCUT2D eigenvalue weighted by atomic mass is 10.2. The zero-order chi connectivity index (χ0) is 21.3. The quantitative estimate of drug-likeness (QED) is 0.530. The summed E-state index contributed by atoms with van der Waals surface area (Å²) in [7, 11) is 1.58. The monoisotopic (exact) mass is 432 g/mol. The number of benzene rings is 1. The Labute approximate surface area is 180 Å². The fraction of sp³-hybridized carbons (Fsp3) is 0.476. The SMILES string of the molecule is CCCCOc1ccc(C(=O)Nc2c3c(nn2CC(=O)NCCOC)CSC3)cc1. The van der Waals surface area contributed by atoms with Gasteiger partial charge in [-0.3, -0.25) is 9.59 Å². The molecule has 162 valence electrons. The van der Waals surface area contributed by atoms with E-state index in [-0.39, 0.29) is 18.4 Å². The van der Waals surface area contributed by atoms with Crippen molar-refractivity contribution >= 4 is 29.4 Å². The number of methoxy groups -OCH3 is 1. The number of carbonyl (C=O) groups is 2. The van der Waals surface area contributed by atoms with Gasteiger partial charge in [0.1, 0.15) is 18.1 Å². The summed E-state index contributed by atoms with van der Waals surface area (Å²) in [5.41, 5.74) is 2.42. The molecule has 0 atom stereocenters. The number of hydrogen-bond donors (Lipinski definition) is 2. The van der Waals surface area contributed by atoms with Gasteiger partial charge in [0, 0.05) is 36.3 Å². The van der Waals surface area contributed by atoms with Gasteiger partial charge in [0.05, 0.1) is 18.9 Å². The minimum Gasteiger partial charge on any atom is -0.494 e. The molecule has 0 bridgehead atoms. The van der Waals surface area contributed by atoms with Gasteiger partial charge in [-0.2, -0.15) is 16.9 Å². The maximum absolute atomic E-state index is 12.8. The first-order valence-corrected chi connectivity index (χ1v) is 11.2. The third-order valence-electron chi connectivity index (χ3n) is 4.66. The van der Waals surface area contributed by atoms with Crippen LogP contribution in [-0.2, 0) is 27.6 Å². The second-order valence-electron chi connectivity index (χ2n) is 6.95. The zero-order valence-electron chi connectivity index (χ0n) is 17.4. The van der Waals surface area contributed by atoms with Crippen LogP contribution in [0.25, 0.3) is 0 Å². The van der Waals surface area contributed by atoms with Crippen molar-refractivity contribution in [1.82, 2.24) is 15.1 Å². The van der Waals surface area contributed by atoms with Gasteiger partial charge in [-0.1, -0.05) is 13.3 Å². The number of amides is 2. The molecule has 1 aliphatic heterocycles. The van der Waals surface area contributed by atoms with E-state index >= 15 is 0 Å². The summed E-state index contributed by atoms with van der Waals surface area (Å²) in [6, 6.07) is 7.07. The normalized spacial score (nSPS) is 12.5. The van der Waals surface area contributed by atoms with Gasteiger partial charge in [-0.25, -0.2) is 4.68 Å². The molecular formula is C21H28N4O4S. The van der Waals surface area contributed by atoms with Crippen LogP contribution in [0.4, 0.5) is 5.82 Å². The Morgan fingerprint density at radius 3 is 2.73 bits per heavy atom. The molecule has 1 aromatic carbocycles. The van der Waals surface area contributed by atoms with Crippen LogP contribution in [0.5, 0.6) is 5.75 Å². The van der Waals surface area contributed by atoms with Crippen LogP contribution in [0.2, 0.25) is 0 Å². The van der Waals surface area contributed by atoms with Crippen molar-refractivity contribution in [3.63, 3.8) is 0 Å². The highest BCUT2D eigenvalue weighted by Crippen LogP contribution is 2.34. The number of thioether (sulfide) groups is 1. The summed E-state index contributed by atoms with van der Waals surface area (Å²) in [6.45, 7) is 3.69. The number of unbranched alkanes of at least 4 members (excludes halogenated alkanes) is 1. The van der Waals surface area contributed by atoms with Gasteiger partial charge in [0.2, 0.25) is 5.91 Å². The molecule has 3 rings (SSSR count). The van der Waals surface area contributed by atoms with Crippen LogP contribution in [0.3, 0.4) is 0 Å². The Balaban J connectivity index is 1.67. The Morgan fingerprint density at radius 2 is 2.00 bits per heavy atom. The zero-order valence-corrected chi connectivity index (χ0v) is 18.2. The molecular weight excluding hydrogens is 404 g/mol. The first-order valence-electron chi connectivity index (χ1n) is 10.1. The van der Waals surface area contributed by atoms with Crippen molar-refractivity contribution in [2.45, 2.75) is 37.8 Å². The lowest BCUT2D eigenvalue weighted by Gasteiger charge is -2.12. The molecule has 2 amide bonds. The number of rotatable bonds is 11. The molecule has 0 saturated carbocycles. The summed E-state index contributed by atoms with van der Waals surface area (Å²) < 4.78 is 12.2. The average molecular weight is 433 g/mol. The first-order chi connectivity index (χ1) is 14.6. The Kier molecular flexibility index (Phi) is 8.15. The van der Waals surface area contributed by atoms with Gasteiger partial charge in [0.25, 0.3) is 5.91 Å². The molecule has 0 unspecified atom stereocenters. The van der Waals surface area contributed by atoms with Crippen LogP contribution in [-0.4, -0.2) is 48.5 Å². The van der Waals surface area contributed by atoms with E-state index < -0.39 is 0 Å². The molecule has 0 saturated heterocycles. The number of aromatic nitrogens is 2. The molecule has 1 aromatic heterocycles. The fourth-order valence-corrected chi connectivity index (χ4v) is 4.06. The first kappa shape index (κ1) is 22.2. The average Bonchev–Trinajstić information content (AvgIpc) is 3.31. The molecule has 0 radical (unpaired) electrons. The van der Waals surface area contributed by atoms with Crippen molar-refractivity contribution in [3.8, 4) is 5.75 Å². The van der Waals surface area contributed by atoms with Crippen molar-refractivity contribution in [1.29, 1.82) is 0 Å². The van der Waals surface area contributed by atoms with E-state index in [4.69, 9.17) is 9.47 Å². The minimum atomic E-state index is -0.240. The van der Waals surface area contributed by atoms with Crippen molar-refractivity contribution in [2.24, 2.45) is 0 Å². The highest BCUT2D eigenvalue weighted by atomic mass is 32.2. The van der Waals surface area contributed by atoms with Crippen LogP contribution >= 0.6 is 11.8 Å². The van der Waals surface area contributed by atoms with Gasteiger partial charge >= 0.3 is 0 Å². The maximum Gasteiger partial charge on any atom is 0.256 e. The lowest BCUT2D eigenvalue weighted by Crippen LogP contribution is -2.31. The molecule has 30 heavy (non-hydrogen) atoms. The van der Waals surface area contributed by atoms with E-state index in [0.717, 1.165) is 41.4 Å². The third-order valence-corrected chi connectivity index (χ3v) is 5.63. The molecule has 9 heteroatoms. The van der Waals surface area contributed by atoms with Gasteiger partial charge in [0.15, 0.2) is 0 Å². The van der Waals surface area contributed by atoms with Gasteiger partial charge < -0.3 is 20.1 Å².